The third kappa shape index (κ3) is 5.57. The Kier molecular flexibility index (Phi) is 6.84. The molecule has 4 aromatic rings. The van der Waals surface area contributed by atoms with Crippen LogP contribution < -0.4 is 10.6 Å². The molecule has 1 aromatic heterocycles. The van der Waals surface area contributed by atoms with Gasteiger partial charge in [0.05, 0.1) is 17.4 Å². The zero-order chi connectivity index (χ0) is 24.1. The first kappa shape index (κ1) is 22.9. The fourth-order valence-corrected chi connectivity index (χ4v) is 3.56. The average Bonchev–Trinajstić information content (AvgIpc) is 2.82. The van der Waals surface area contributed by atoms with Crippen molar-refractivity contribution in [3.05, 3.63) is 94.6 Å². The van der Waals surface area contributed by atoms with Gasteiger partial charge in [-0.1, -0.05) is 40.2 Å². The van der Waals surface area contributed by atoms with Crippen LogP contribution in [0.2, 0.25) is 0 Å². The van der Waals surface area contributed by atoms with Crippen molar-refractivity contribution in [3.8, 4) is 5.75 Å². The number of para-hydroxylation sites is 1. The summed E-state index contributed by atoms with van der Waals surface area (Å²) >= 11 is 3.30. The van der Waals surface area contributed by atoms with Gasteiger partial charge >= 0.3 is 5.97 Å². The Morgan fingerprint density at radius 3 is 2.53 bits per heavy atom. The number of aromatic hydroxyl groups is 1. The molecule has 0 spiro atoms. The van der Waals surface area contributed by atoms with Crippen molar-refractivity contribution < 1.29 is 24.2 Å². The number of carbonyl (C=O) groups excluding carboxylic acids is 3. The molecule has 170 valence electrons. The summed E-state index contributed by atoms with van der Waals surface area (Å²) in [7, 11) is 0. The Morgan fingerprint density at radius 1 is 0.912 bits per heavy atom. The van der Waals surface area contributed by atoms with Crippen molar-refractivity contribution in [2.75, 3.05) is 17.2 Å². The molecule has 0 saturated carbocycles. The van der Waals surface area contributed by atoms with E-state index in [2.05, 4.69) is 31.5 Å². The van der Waals surface area contributed by atoms with E-state index < -0.39 is 24.2 Å². The number of ether oxygens (including phenoxy) is 1. The number of rotatable bonds is 6. The lowest BCUT2D eigenvalue weighted by molar-refractivity contribution is -0.119. The molecule has 3 N–H and O–H groups in total. The molecule has 3 aromatic carbocycles. The van der Waals surface area contributed by atoms with Crippen LogP contribution >= 0.6 is 15.9 Å². The smallest absolute Gasteiger partial charge is 0.342 e. The second kappa shape index (κ2) is 10.1. The summed E-state index contributed by atoms with van der Waals surface area (Å²) in [5.41, 5.74) is 1.83. The molecule has 8 nitrogen and oxygen atoms in total. The Hall–Kier alpha value is -4.24. The zero-order valence-electron chi connectivity index (χ0n) is 17.6. The van der Waals surface area contributed by atoms with Gasteiger partial charge in [0.1, 0.15) is 11.3 Å². The topological polar surface area (TPSA) is 118 Å². The molecule has 34 heavy (non-hydrogen) atoms. The first-order chi connectivity index (χ1) is 16.4. The highest BCUT2D eigenvalue weighted by molar-refractivity contribution is 9.10. The number of pyridine rings is 1. The van der Waals surface area contributed by atoms with E-state index in [0.29, 0.717) is 16.9 Å². The van der Waals surface area contributed by atoms with Crippen molar-refractivity contribution in [2.45, 2.75) is 0 Å². The zero-order valence-corrected chi connectivity index (χ0v) is 19.2. The summed E-state index contributed by atoms with van der Waals surface area (Å²) in [5.74, 6) is -2.20. The van der Waals surface area contributed by atoms with Crippen molar-refractivity contribution in [1.82, 2.24) is 4.98 Å². The van der Waals surface area contributed by atoms with E-state index in [1.165, 1.54) is 24.4 Å². The lowest BCUT2D eigenvalue weighted by Crippen LogP contribution is -2.21. The number of anilines is 2. The van der Waals surface area contributed by atoms with Crippen LogP contribution in [-0.4, -0.2) is 34.5 Å². The van der Waals surface area contributed by atoms with Crippen LogP contribution in [0.15, 0.2) is 83.5 Å². The quantitative estimate of drug-likeness (QED) is 0.316. The Morgan fingerprint density at radius 2 is 1.74 bits per heavy atom. The van der Waals surface area contributed by atoms with E-state index in [0.717, 1.165) is 15.4 Å². The maximum Gasteiger partial charge on any atom is 0.342 e. The number of aromatic nitrogens is 1. The van der Waals surface area contributed by atoms with Gasteiger partial charge in [-0.25, -0.2) is 4.79 Å². The standard InChI is InChI=1S/C25H18BrN3O5/c26-17-6-3-5-16(10-17)24(32)29-18-8-9-20(22(30)12-18)25(33)34-14-23(31)28-19-11-15-4-1-2-7-21(15)27-13-19/h1-13,30H,14H2,(H,28,31)(H,29,32). The monoisotopic (exact) mass is 519 g/mol. The summed E-state index contributed by atoms with van der Waals surface area (Å²) in [5, 5.41) is 16.3. The molecule has 9 heteroatoms. The first-order valence-electron chi connectivity index (χ1n) is 10.1. The van der Waals surface area contributed by atoms with E-state index in [-0.39, 0.29) is 11.5 Å². The Balaban J connectivity index is 1.34. The minimum absolute atomic E-state index is 0.138. The van der Waals surface area contributed by atoms with Crippen molar-refractivity contribution in [1.29, 1.82) is 0 Å². The third-order valence-electron chi connectivity index (χ3n) is 4.77. The molecule has 0 atom stereocenters. The predicted molar refractivity (Wildman–Crippen MR) is 131 cm³/mol. The maximum atomic E-state index is 12.3. The number of phenols is 1. The van der Waals surface area contributed by atoms with Gasteiger partial charge < -0.3 is 20.5 Å². The van der Waals surface area contributed by atoms with Gasteiger partial charge in [-0.15, -0.1) is 0 Å². The first-order valence-corrected chi connectivity index (χ1v) is 10.9. The third-order valence-corrected chi connectivity index (χ3v) is 5.26. The fraction of sp³-hybridized carbons (Fsp3) is 0.0400. The van der Waals surface area contributed by atoms with Gasteiger partial charge in [0.15, 0.2) is 6.61 Å². The molecule has 1 heterocycles. The highest BCUT2D eigenvalue weighted by Gasteiger charge is 2.16. The molecule has 4 rings (SSSR count). The van der Waals surface area contributed by atoms with E-state index in [9.17, 15) is 19.5 Å². The van der Waals surface area contributed by atoms with Crippen molar-refractivity contribution in [2.24, 2.45) is 0 Å². The molecule has 0 unspecified atom stereocenters. The van der Waals surface area contributed by atoms with Crippen LogP contribution in [0.25, 0.3) is 10.9 Å². The molecule has 0 fully saturated rings. The van der Waals surface area contributed by atoms with Gasteiger partial charge in [-0.05, 0) is 42.5 Å². The number of hydrogen-bond donors (Lipinski definition) is 3. The molecular formula is C25H18BrN3O5. The Labute approximate surface area is 202 Å². The van der Waals surface area contributed by atoms with Gasteiger partial charge in [0, 0.05) is 27.2 Å². The van der Waals surface area contributed by atoms with Crippen LogP contribution in [0.3, 0.4) is 0 Å². The van der Waals surface area contributed by atoms with E-state index >= 15 is 0 Å². The molecule has 2 amide bonds. The molecule has 0 bridgehead atoms. The normalized spacial score (nSPS) is 10.5. The molecule has 0 aliphatic rings. The minimum atomic E-state index is -0.880. The summed E-state index contributed by atoms with van der Waals surface area (Å²) in [4.78, 5) is 41.1. The van der Waals surface area contributed by atoms with Crippen LogP contribution in [0, 0.1) is 0 Å². The van der Waals surface area contributed by atoms with Crippen molar-refractivity contribution in [3.63, 3.8) is 0 Å². The molecule has 0 saturated heterocycles. The number of hydrogen-bond acceptors (Lipinski definition) is 6. The maximum absolute atomic E-state index is 12.3. The van der Waals surface area contributed by atoms with Gasteiger partial charge in [0.2, 0.25) is 0 Å². The summed E-state index contributed by atoms with van der Waals surface area (Å²) < 4.78 is 5.76. The number of esters is 1. The van der Waals surface area contributed by atoms with Crippen LogP contribution in [0.1, 0.15) is 20.7 Å². The van der Waals surface area contributed by atoms with E-state index in [1.54, 1.807) is 30.3 Å². The highest BCUT2D eigenvalue weighted by atomic mass is 79.9. The molecule has 0 aliphatic heterocycles. The summed E-state index contributed by atoms with van der Waals surface area (Å²) in [6, 6.07) is 20.0. The Bertz CT molecular complexity index is 1410. The van der Waals surface area contributed by atoms with Crippen molar-refractivity contribution >= 4 is 56.0 Å². The summed E-state index contributed by atoms with van der Waals surface area (Å²) in [6.07, 6.45) is 1.51. The molecular weight excluding hydrogens is 502 g/mol. The highest BCUT2D eigenvalue weighted by Crippen LogP contribution is 2.24. The number of benzene rings is 3. The number of fused-ring (bicyclic) bond motifs is 1. The van der Waals surface area contributed by atoms with E-state index in [4.69, 9.17) is 4.74 Å². The number of nitrogens with one attached hydrogen (secondary N) is 2. The second-order valence-electron chi connectivity index (χ2n) is 7.24. The number of nitrogens with zero attached hydrogens (tertiary/aromatic N) is 1. The number of amides is 2. The van der Waals surface area contributed by atoms with E-state index in [1.807, 2.05) is 24.3 Å². The molecule has 0 radical (unpaired) electrons. The lowest BCUT2D eigenvalue weighted by atomic mass is 10.1. The van der Waals surface area contributed by atoms with Crippen LogP contribution in [-0.2, 0) is 9.53 Å². The van der Waals surface area contributed by atoms with Gasteiger partial charge in [0.25, 0.3) is 11.8 Å². The number of carbonyl (C=O) groups is 3. The molecule has 0 aliphatic carbocycles. The van der Waals surface area contributed by atoms with Crippen LogP contribution in [0.5, 0.6) is 5.75 Å². The average molecular weight is 520 g/mol. The van der Waals surface area contributed by atoms with Gasteiger partial charge in [-0.2, -0.15) is 0 Å². The fourth-order valence-electron chi connectivity index (χ4n) is 3.16. The largest absolute Gasteiger partial charge is 0.507 e. The van der Waals surface area contributed by atoms with Crippen LogP contribution in [0.4, 0.5) is 11.4 Å². The lowest BCUT2D eigenvalue weighted by Gasteiger charge is -2.10. The number of halogens is 1. The minimum Gasteiger partial charge on any atom is -0.507 e. The SMILES string of the molecule is O=C(COC(=O)c1ccc(NC(=O)c2cccc(Br)c2)cc1O)Nc1cnc2ccccc2c1. The second-order valence-corrected chi connectivity index (χ2v) is 8.15. The van der Waals surface area contributed by atoms with Gasteiger partial charge in [-0.3, -0.25) is 14.6 Å². The predicted octanol–water partition coefficient (Wildman–Crippen LogP) is 4.75. The number of phenolic OH excluding ortho intramolecular Hbond substituents is 1. The summed E-state index contributed by atoms with van der Waals surface area (Å²) in [6.45, 7) is -0.549.